The number of benzene rings is 1. The first-order valence-electron chi connectivity index (χ1n) is 10.2. The van der Waals surface area contributed by atoms with Gasteiger partial charge in [-0.25, -0.2) is 0 Å². The normalized spacial score (nSPS) is 13.7. The number of hydrazine groups is 1. The predicted octanol–water partition coefficient (Wildman–Crippen LogP) is 4.58. The molecule has 0 saturated heterocycles. The highest BCUT2D eigenvalue weighted by atomic mass is 79.9. The molecule has 2 amide bonds. The van der Waals surface area contributed by atoms with Gasteiger partial charge in [-0.15, -0.1) is 0 Å². The van der Waals surface area contributed by atoms with Crippen LogP contribution in [0.1, 0.15) is 43.1 Å². The first kappa shape index (κ1) is 21.9. The minimum atomic E-state index is -0.401. The predicted molar refractivity (Wildman–Crippen MR) is 124 cm³/mol. The molecule has 0 fully saturated rings. The number of aromatic nitrogens is 1. The lowest BCUT2D eigenvalue weighted by Crippen LogP contribution is -2.41. The quantitative estimate of drug-likeness (QED) is 0.300. The maximum absolute atomic E-state index is 12.3. The van der Waals surface area contributed by atoms with Gasteiger partial charge in [0.1, 0.15) is 5.69 Å². The highest BCUT2D eigenvalue weighted by molar-refractivity contribution is 9.10. The van der Waals surface area contributed by atoms with Crippen molar-refractivity contribution in [2.75, 3.05) is 13.1 Å². The Morgan fingerprint density at radius 3 is 2.90 bits per heavy atom. The van der Waals surface area contributed by atoms with Gasteiger partial charge >= 0.3 is 0 Å². The van der Waals surface area contributed by atoms with Crippen molar-refractivity contribution in [1.82, 2.24) is 20.7 Å². The number of carbonyl (C=O) groups excluding carboxylic acids is 2. The van der Waals surface area contributed by atoms with Gasteiger partial charge in [0.15, 0.2) is 0 Å². The molecular weight excluding hydrogens is 444 g/mol. The molecule has 0 spiro atoms. The Hall–Kier alpha value is -2.80. The molecule has 0 atom stereocenters. The van der Waals surface area contributed by atoms with Crippen LogP contribution in [-0.4, -0.2) is 34.8 Å². The number of aromatic amines is 1. The molecule has 1 aliphatic rings. The highest BCUT2D eigenvalue weighted by Gasteiger charge is 2.10. The highest BCUT2D eigenvalue weighted by Crippen LogP contribution is 2.20. The number of nitrogens with one attached hydrogen (secondary N) is 3. The van der Waals surface area contributed by atoms with E-state index in [9.17, 15) is 9.59 Å². The fraction of sp³-hybridized carbons (Fsp3) is 0.304. The molecular formula is C23H27BrN4O2. The summed E-state index contributed by atoms with van der Waals surface area (Å²) in [5.41, 5.74) is 7.14. The summed E-state index contributed by atoms with van der Waals surface area (Å²) in [5.74, 6) is -0.783. The molecule has 1 aromatic heterocycles. The zero-order valence-corrected chi connectivity index (χ0v) is 18.7. The number of amides is 2. The summed E-state index contributed by atoms with van der Waals surface area (Å²) in [6.45, 7) is 4.01. The van der Waals surface area contributed by atoms with Gasteiger partial charge < -0.3 is 9.88 Å². The van der Waals surface area contributed by atoms with Crippen molar-refractivity contribution in [3.05, 3.63) is 70.5 Å². The number of hydrogen-bond acceptors (Lipinski definition) is 3. The van der Waals surface area contributed by atoms with Crippen LogP contribution >= 0.6 is 15.9 Å². The number of unbranched alkanes of at least 4 members (excludes halogenated alkanes) is 3. The van der Waals surface area contributed by atoms with E-state index in [1.807, 2.05) is 30.4 Å². The van der Waals surface area contributed by atoms with Crippen LogP contribution in [0.3, 0.4) is 0 Å². The van der Waals surface area contributed by atoms with Crippen LogP contribution < -0.4 is 10.9 Å². The number of hydrogen-bond donors (Lipinski definition) is 3. The zero-order valence-electron chi connectivity index (χ0n) is 17.1. The van der Waals surface area contributed by atoms with E-state index in [2.05, 4.69) is 49.8 Å². The second kappa shape index (κ2) is 10.8. The summed E-state index contributed by atoms with van der Waals surface area (Å²) in [4.78, 5) is 29.6. The monoisotopic (exact) mass is 470 g/mol. The van der Waals surface area contributed by atoms with Crippen molar-refractivity contribution >= 4 is 38.6 Å². The molecule has 1 aliphatic heterocycles. The maximum atomic E-state index is 12.3. The molecule has 0 radical (unpaired) electrons. The van der Waals surface area contributed by atoms with Crippen LogP contribution in [-0.2, 0) is 4.79 Å². The minimum absolute atomic E-state index is 0.381. The number of halogens is 1. The van der Waals surface area contributed by atoms with Crippen molar-refractivity contribution in [2.45, 2.75) is 32.6 Å². The van der Waals surface area contributed by atoms with Gasteiger partial charge in [-0.1, -0.05) is 54.3 Å². The number of fused-ring (bicyclic) bond motifs is 1. The molecule has 0 saturated carbocycles. The first-order chi connectivity index (χ1) is 14.5. The Kier molecular flexibility index (Phi) is 7.90. The Morgan fingerprint density at radius 2 is 2.07 bits per heavy atom. The maximum Gasteiger partial charge on any atom is 0.286 e. The fourth-order valence-electron chi connectivity index (χ4n) is 3.27. The molecule has 1 aromatic carbocycles. The summed E-state index contributed by atoms with van der Waals surface area (Å²) in [6, 6.07) is 7.45. The fourth-order valence-corrected chi connectivity index (χ4v) is 3.65. The molecule has 0 aliphatic carbocycles. The molecule has 2 aromatic rings. The Bertz CT molecular complexity index is 990. The van der Waals surface area contributed by atoms with Gasteiger partial charge in [0.2, 0.25) is 0 Å². The third kappa shape index (κ3) is 6.35. The molecule has 3 rings (SSSR count). The van der Waals surface area contributed by atoms with Gasteiger partial charge in [-0.2, -0.15) is 0 Å². The Balaban J connectivity index is 1.45. The lowest BCUT2D eigenvalue weighted by molar-refractivity contribution is -0.117. The van der Waals surface area contributed by atoms with E-state index in [0.29, 0.717) is 5.69 Å². The molecule has 2 heterocycles. The third-order valence-electron chi connectivity index (χ3n) is 4.87. The van der Waals surface area contributed by atoms with Gasteiger partial charge in [-0.05, 0) is 48.5 Å². The standard InChI is InChI=1S/C23H27BrN4O2/c1-2-3-4-5-12-28-13-6-7-17(16-28)8-11-22(29)26-27-23(30)21-15-18-14-19(24)9-10-20(18)25-21/h6-11,13-15,25H,2-5,12,16H2,1H3,(H,26,29)(H,27,30)/b11-8+. The summed E-state index contributed by atoms with van der Waals surface area (Å²) in [5, 5.41) is 0.914. The van der Waals surface area contributed by atoms with Crippen LogP contribution in [0.4, 0.5) is 0 Å². The summed E-state index contributed by atoms with van der Waals surface area (Å²) in [7, 11) is 0. The SMILES string of the molecule is CCCCCCN1C=CC=C(/C=C/C(=O)NNC(=O)c2cc3cc(Br)ccc3[nH]2)C1. The van der Waals surface area contributed by atoms with Crippen molar-refractivity contribution in [2.24, 2.45) is 0 Å². The van der Waals surface area contributed by atoms with Crippen LogP contribution in [0.25, 0.3) is 10.9 Å². The van der Waals surface area contributed by atoms with Crippen LogP contribution in [0.2, 0.25) is 0 Å². The number of allylic oxidation sites excluding steroid dienone is 2. The molecule has 7 heteroatoms. The van der Waals surface area contributed by atoms with E-state index in [-0.39, 0.29) is 5.91 Å². The van der Waals surface area contributed by atoms with Crippen LogP contribution in [0.15, 0.2) is 64.8 Å². The van der Waals surface area contributed by atoms with Crippen LogP contribution in [0, 0.1) is 0 Å². The van der Waals surface area contributed by atoms with E-state index in [0.717, 1.165) is 34.0 Å². The van der Waals surface area contributed by atoms with E-state index in [4.69, 9.17) is 0 Å². The summed E-state index contributed by atoms with van der Waals surface area (Å²) < 4.78 is 0.936. The average Bonchev–Trinajstić information content (AvgIpc) is 3.17. The van der Waals surface area contributed by atoms with Gasteiger partial charge in [0, 0.05) is 34.5 Å². The topological polar surface area (TPSA) is 77.2 Å². The smallest absolute Gasteiger partial charge is 0.286 e. The van der Waals surface area contributed by atoms with E-state index in [1.54, 1.807) is 12.1 Å². The number of nitrogens with zero attached hydrogens (tertiary/aromatic N) is 1. The lowest BCUT2D eigenvalue weighted by Gasteiger charge is -2.23. The van der Waals surface area contributed by atoms with Crippen molar-refractivity contribution in [1.29, 1.82) is 0 Å². The molecule has 30 heavy (non-hydrogen) atoms. The number of H-pyrrole nitrogens is 1. The van der Waals surface area contributed by atoms with Crippen molar-refractivity contribution in [3.63, 3.8) is 0 Å². The van der Waals surface area contributed by atoms with E-state index < -0.39 is 5.91 Å². The molecule has 158 valence electrons. The zero-order chi connectivity index (χ0) is 21.3. The molecule has 6 nitrogen and oxygen atoms in total. The molecule has 0 bridgehead atoms. The summed E-state index contributed by atoms with van der Waals surface area (Å²) in [6.07, 6.45) is 14.2. The Labute approximate surface area is 185 Å². The van der Waals surface area contributed by atoms with Crippen molar-refractivity contribution in [3.8, 4) is 0 Å². The van der Waals surface area contributed by atoms with E-state index >= 15 is 0 Å². The number of carbonyl (C=O) groups is 2. The van der Waals surface area contributed by atoms with Crippen molar-refractivity contribution < 1.29 is 9.59 Å². The summed E-state index contributed by atoms with van der Waals surface area (Å²) >= 11 is 3.41. The molecule has 0 unspecified atom stereocenters. The lowest BCUT2D eigenvalue weighted by atomic mass is 10.1. The minimum Gasteiger partial charge on any atom is -0.373 e. The average molecular weight is 471 g/mol. The second-order valence-corrected chi connectivity index (χ2v) is 8.22. The number of rotatable bonds is 8. The van der Waals surface area contributed by atoms with Gasteiger partial charge in [0.25, 0.3) is 11.8 Å². The molecule has 3 N–H and O–H groups in total. The van der Waals surface area contributed by atoms with Crippen LogP contribution in [0.5, 0.6) is 0 Å². The largest absolute Gasteiger partial charge is 0.373 e. The van der Waals surface area contributed by atoms with E-state index in [1.165, 1.54) is 31.8 Å². The van der Waals surface area contributed by atoms with Gasteiger partial charge in [0.05, 0.1) is 0 Å². The first-order valence-corrected chi connectivity index (χ1v) is 11.0. The Morgan fingerprint density at radius 1 is 1.20 bits per heavy atom. The second-order valence-electron chi connectivity index (χ2n) is 7.31. The van der Waals surface area contributed by atoms with Gasteiger partial charge in [-0.3, -0.25) is 20.4 Å². The third-order valence-corrected chi connectivity index (χ3v) is 5.36.